The maximum Gasteiger partial charge on any atom is 0.237 e. The van der Waals surface area contributed by atoms with E-state index in [-0.39, 0.29) is 11.9 Å². The van der Waals surface area contributed by atoms with Crippen LogP contribution >= 0.6 is 0 Å². The van der Waals surface area contributed by atoms with Crippen molar-refractivity contribution in [2.45, 2.75) is 38.6 Å². The highest BCUT2D eigenvalue weighted by Crippen LogP contribution is 2.30. The molecule has 3 unspecified atom stereocenters. The Hall–Kier alpha value is -0.570. The zero-order valence-electron chi connectivity index (χ0n) is 8.88. The molecule has 0 aromatic heterocycles. The van der Waals surface area contributed by atoms with Crippen molar-refractivity contribution in [2.75, 3.05) is 13.1 Å². The Balaban J connectivity index is 1.73. The molecule has 1 aliphatic heterocycles. The van der Waals surface area contributed by atoms with E-state index in [4.69, 9.17) is 0 Å². The van der Waals surface area contributed by atoms with Crippen molar-refractivity contribution in [1.82, 2.24) is 10.6 Å². The lowest BCUT2D eigenvalue weighted by Gasteiger charge is -2.18. The highest BCUT2D eigenvalue weighted by molar-refractivity contribution is 5.83. The molecule has 2 rings (SSSR count). The Morgan fingerprint density at radius 1 is 1.43 bits per heavy atom. The summed E-state index contributed by atoms with van der Waals surface area (Å²) in [5.41, 5.74) is 0. The Morgan fingerprint density at radius 2 is 2.29 bits per heavy atom. The predicted octanol–water partition coefficient (Wildman–Crippen LogP) is 0.901. The number of carbonyl (C=O) groups excluding carboxylic acids is 1. The Labute approximate surface area is 85.6 Å². The van der Waals surface area contributed by atoms with Gasteiger partial charge in [-0.25, -0.2) is 0 Å². The SMILES string of the molecule is CC1CCCC1CNC1CCNC1=O. The number of hydrogen-bond acceptors (Lipinski definition) is 2. The lowest BCUT2D eigenvalue weighted by Crippen LogP contribution is -2.39. The van der Waals surface area contributed by atoms with E-state index in [0.29, 0.717) is 0 Å². The van der Waals surface area contributed by atoms with Gasteiger partial charge in [-0.15, -0.1) is 0 Å². The number of rotatable bonds is 3. The number of nitrogens with one attached hydrogen (secondary N) is 2. The van der Waals surface area contributed by atoms with Crippen LogP contribution in [0.1, 0.15) is 32.6 Å². The van der Waals surface area contributed by atoms with Gasteiger partial charge in [0, 0.05) is 6.54 Å². The predicted molar refractivity (Wildman–Crippen MR) is 55.9 cm³/mol. The number of hydrogen-bond donors (Lipinski definition) is 2. The van der Waals surface area contributed by atoms with Crippen LogP contribution in [-0.4, -0.2) is 25.0 Å². The third-order valence-electron chi connectivity index (χ3n) is 3.71. The molecule has 0 spiro atoms. The summed E-state index contributed by atoms with van der Waals surface area (Å²) < 4.78 is 0. The lowest BCUT2D eigenvalue weighted by atomic mass is 9.98. The van der Waals surface area contributed by atoms with Crippen LogP contribution in [0, 0.1) is 11.8 Å². The minimum absolute atomic E-state index is 0.0859. The quantitative estimate of drug-likeness (QED) is 0.704. The third kappa shape index (κ3) is 2.08. The van der Waals surface area contributed by atoms with Crippen LogP contribution in [0.3, 0.4) is 0 Å². The first kappa shape index (κ1) is 9.97. The van der Waals surface area contributed by atoms with E-state index in [1.165, 1.54) is 19.3 Å². The molecule has 2 N–H and O–H groups in total. The molecule has 0 aromatic carbocycles. The molecule has 0 bridgehead atoms. The molecule has 1 saturated heterocycles. The largest absolute Gasteiger partial charge is 0.355 e. The van der Waals surface area contributed by atoms with Crippen LogP contribution in [0.25, 0.3) is 0 Å². The molecule has 0 aromatic rings. The molecule has 1 saturated carbocycles. The van der Waals surface area contributed by atoms with E-state index < -0.39 is 0 Å². The Morgan fingerprint density at radius 3 is 2.86 bits per heavy atom. The van der Waals surface area contributed by atoms with Gasteiger partial charge < -0.3 is 10.6 Å². The van der Waals surface area contributed by atoms with Gasteiger partial charge in [0.05, 0.1) is 6.04 Å². The van der Waals surface area contributed by atoms with E-state index in [2.05, 4.69) is 17.6 Å². The number of amides is 1. The lowest BCUT2D eigenvalue weighted by molar-refractivity contribution is -0.120. The zero-order valence-corrected chi connectivity index (χ0v) is 8.88. The maximum absolute atomic E-state index is 11.3. The van der Waals surface area contributed by atoms with Crippen LogP contribution in [-0.2, 0) is 4.79 Å². The molecule has 14 heavy (non-hydrogen) atoms. The molecule has 1 heterocycles. The zero-order chi connectivity index (χ0) is 9.97. The molecule has 0 radical (unpaired) electrons. The van der Waals surface area contributed by atoms with Gasteiger partial charge in [-0.3, -0.25) is 4.79 Å². The molecule has 2 aliphatic rings. The molecule has 3 nitrogen and oxygen atoms in total. The van der Waals surface area contributed by atoms with Gasteiger partial charge >= 0.3 is 0 Å². The highest BCUT2D eigenvalue weighted by Gasteiger charge is 2.27. The van der Waals surface area contributed by atoms with E-state index >= 15 is 0 Å². The van der Waals surface area contributed by atoms with Gasteiger partial charge in [-0.1, -0.05) is 19.8 Å². The van der Waals surface area contributed by atoms with Gasteiger partial charge in [-0.2, -0.15) is 0 Å². The minimum Gasteiger partial charge on any atom is -0.355 e. The summed E-state index contributed by atoms with van der Waals surface area (Å²) in [7, 11) is 0. The van der Waals surface area contributed by atoms with Gasteiger partial charge in [0.15, 0.2) is 0 Å². The Kier molecular flexibility index (Phi) is 3.06. The van der Waals surface area contributed by atoms with E-state index in [0.717, 1.165) is 31.3 Å². The van der Waals surface area contributed by atoms with Crippen molar-refractivity contribution in [2.24, 2.45) is 11.8 Å². The van der Waals surface area contributed by atoms with Crippen LogP contribution in [0.4, 0.5) is 0 Å². The monoisotopic (exact) mass is 196 g/mol. The van der Waals surface area contributed by atoms with E-state index in [1.807, 2.05) is 0 Å². The summed E-state index contributed by atoms with van der Waals surface area (Å²) in [5, 5.41) is 6.25. The maximum atomic E-state index is 11.3. The average molecular weight is 196 g/mol. The van der Waals surface area contributed by atoms with Crippen molar-refractivity contribution in [3.8, 4) is 0 Å². The molecule has 3 atom stereocenters. The van der Waals surface area contributed by atoms with Gasteiger partial charge in [0.2, 0.25) is 5.91 Å². The summed E-state index contributed by atoms with van der Waals surface area (Å²) in [6, 6.07) is 0.0859. The average Bonchev–Trinajstić information content (AvgIpc) is 2.72. The van der Waals surface area contributed by atoms with E-state index in [9.17, 15) is 4.79 Å². The second-order valence-corrected chi connectivity index (χ2v) is 4.71. The fourth-order valence-electron chi connectivity index (χ4n) is 2.61. The fraction of sp³-hybridized carbons (Fsp3) is 0.909. The second-order valence-electron chi connectivity index (χ2n) is 4.71. The summed E-state index contributed by atoms with van der Waals surface area (Å²) in [5.74, 6) is 1.83. The summed E-state index contributed by atoms with van der Waals surface area (Å²) in [6.45, 7) is 4.20. The molecule has 3 heteroatoms. The molecule has 1 amide bonds. The first-order valence-electron chi connectivity index (χ1n) is 5.78. The summed E-state index contributed by atoms with van der Waals surface area (Å²) in [6.07, 6.45) is 5.02. The fourth-order valence-corrected chi connectivity index (χ4v) is 2.61. The second kappa shape index (κ2) is 4.30. The van der Waals surface area contributed by atoms with Gasteiger partial charge in [0.1, 0.15) is 0 Å². The van der Waals surface area contributed by atoms with Crippen molar-refractivity contribution in [3.05, 3.63) is 0 Å². The summed E-state index contributed by atoms with van der Waals surface area (Å²) >= 11 is 0. The minimum atomic E-state index is 0.0859. The van der Waals surface area contributed by atoms with Crippen molar-refractivity contribution in [3.63, 3.8) is 0 Å². The molecule has 2 fully saturated rings. The molecule has 1 aliphatic carbocycles. The van der Waals surface area contributed by atoms with Gasteiger partial charge in [-0.05, 0) is 31.2 Å². The molecular formula is C11H20N2O. The third-order valence-corrected chi connectivity index (χ3v) is 3.71. The first-order valence-corrected chi connectivity index (χ1v) is 5.78. The first-order chi connectivity index (χ1) is 6.77. The van der Waals surface area contributed by atoms with Crippen LogP contribution in [0.5, 0.6) is 0 Å². The highest BCUT2D eigenvalue weighted by atomic mass is 16.2. The van der Waals surface area contributed by atoms with Crippen molar-refractivity contribution in [1.29, 1.82) is 0 Å². The van der Waals surface area contributed by atoms with Crippen molar-refractivity contribution < 1.29 is 4.79 Å². The van der Waals surface area contributed by atoms with Crippen LogP contribution < -0.4 is 10.6 Å². The Bertz CT molecular complexity index is 217. The topological polar surface area (TPSA) is 41.1 Å². The van der Waals surface area contributed by atoms with Crippen molar-refractivity contribution >= 4 is 5.91 Å². The smallest absolute Gasteiger partial charge is 0.237 e. The van der Waals surface area contributed by atoms with Gasteiger partial charge in [0.25, 0.3) is 0 Å². The summed E-state index contributed by atoms with van der Waals surface area (Å²) in [4.78, 5) is 11.3. The van der Waals surface area contributed by atoms with Crippen LogP contribution in [0.2, 0.25) is 0 Å². The van der Waals surface area contributed by atoms with E-state index in [1.54, 1.807) is 0 Å². The number of carbonyl (C=O) groups is 1. The normalized spacial score (nSPS) is 37.5. The molecular weight excluding hydrogens is 176 g/mol. The standard InChI is InChI=1S/C11H20N2O/c1-8-3-2-4-9(8)7-13-10-5-6-12-11(10)14/h8-10,13H,2-7H2,1H3,(H,12,14). The molecule has 80 valence electrons. The van der Waals surface area contributed by atoms with Crippen LogP contribution in [0.15, 0.2) is 0 Å².